The van der Waals surface area contributed by atoms with Gasteiger partial charge in [0, 0.05) is 18.1 Å². The largest absolute Gasteiger partial charge is 0.416 e. The fourth-order valence-corrected chi connectivity index (χ4v) is 6.20. The lowest BCUT2D eigenvalue weighted by Crippen LogP contribution is -2.46. The van der Waals surface area contributed by atoms with Crippen LogP contribution < -0.4 is 5.73 Å². The van der Waals surface area contributed by atoms with Crippen molar-refractivity contribution in [2.75, 3.05) is 7.11 Å². The predicted octanol–water partition coefficient (Wildman–Crippen LogP) is 5.22. The zero-order chi connectivity index (χ0) is 24.3. The minimum absolute atomic E-state index is 0.0376. The molecule has 34 heavy (non-hydrogen) atoms. The van der Waals surface area contributed by atoms with Gasteiger partial charge in [0.05, 0.1) is 29.5 Å². The van der Waals surface area contributed by atoms with Crippen LogP contribution in [0.25, 0.3) is 11.1 Å². The summed E-state index contributed by atoms with van der Waals surface area (Å²) in [4.78, 5) is 9.70. The van der Waals surface area contributed by atoms with E-state index in [0.29, 0.717) is 22.9 Å². The standard InChI is InChI=1S/C26H25F3N4O/c1-15-11-24(6-5-22(15)34-2)12-18-4-3-17(10-21(18)25(24)32-14-23(31)33-25)19-7-16(13-30)8-20(9-19)26(27,28)29/h3-4,7-10,14-15,22H,5-6,11-12H2,1-2H3,(H2,31,33)/t15?,22-,24-,25+/m1/s1. The SMILES string of the molecule is CO[C@@H]1CC[C@]2(Cc3ccc(-c4cc(C#N)cc(C(F)(F)F)c4)cc3[C@@]23N=CC(N)=N3)CC1C. The minimum Gasteiger partial charge on any atom is -0.383 e. The Labute approximate surface area is 196 Å². The molecule has 1 fully saturated rings. The molecule has 2 aromatic carbocycles. The summed E-state index contributed by atoms with van der Waals surface area (Å²) in [6.07, 6.45) is 0.571. The molecule has 1 unspecified atom stereocenters. The van der Waals surface area contributed by atoms with Crippen molar-refractivity contribution in [3.05, 3.63) is 58.7 Å². The van der Waals surface area contributed by atoms with Crippen molar-refractivity contribution >= 4 is 12.1 Å². The van der Waals surface area contributed by atoms with Crippen molar-refractivity contribution in [3.63, 3.8) is 0 Å². The molecular weight excluding hydrogens is 441 g/mol. The van der Waals surface area contributed by atoms with Gasteiger partial charge >= 0.3 is 6.18 Å². The highest BCUT2D eigenvalue weighted by Gasteiger charge is 2.61. The van der Waals surface area contributed by atoms with Crippen molar-refractivity contribution in [3.8, 4) is 17.2 Å². The highest BCUT2D eigenvalue weighted by Crippen LogP contribution is 2.62. The number of alkyl halides is 3. The molecule has 176 valence electrons. The number of nitriles is 1. The summed E-state index contributed by atoms with van der Waals surface area (Å²) in [5, 5.41) is 9.30. The molecule has 0 saturated heterocycles. The van der Waals surface area contributed by atoms with E-state index in [1.807, 2.05) is 24.3 Å². The van der Waals surface area contributed by atoms with Crippen LogP contribution in [-0.2, 0) is 23.0 Å². The van der Waals surface area contributed by atoms with E-state index in [9.17, 15) is 18.4 Å². The number of benzene rings is 2. The van der Waals surface area contributed by atoms with Crippen molar-refractivity contribution in [2.45, 2.75) is 50.6 Å². The number of halogens is 3. The van der Waals surface area contributed by atoms with Crippen LogP contribution in [0.1, 0.15) is 48.4 Å². The zero-order valence-corrected chi connectivity index (χ0v) is 19.0. The molecule has 0 amide bonds. The van der Waals surface area contributed by atoms with Crippen LogP contribution in [0.5, 0.6) is 0 Å². The van der Waals surface area contributed by atoms with Gasteiger partial charge in [-0.3, -0.25) is 4.99 Å². The molecular formula is C26H25F3N4O. The Bertz CT molecular complexity index is 1260. The number of hydrogen-bond acceptors (Lipinski definition) is 5. The van der Waals surface area contributed by atoms with Crippen molar-refractivity contribution < 1.29 is 17.9 Å². The number of methoxy groups -OCH3 is 1. The van der Waals surface area contributed by atoms with E-state index >= 15 is 0 Å². The fraction of sp³-hybridized carbons (Fsp3) is 0.423. The van der Waals surface area contributed by atoms with E-state index in [4.69, 9.17) is 20.5 Å². The topological polar surface area (TPSA) is 83.8 Å². The number of fused-ring (bicyclic) bond motifs is 3. The fourth-order valence-electron chi connectivity index (χ4n) is 6.20. The number of ether oxygens (including phenoxy) is 1. The van der Waals surface area contributed by atoms with Crippen LogP contribution in [-0.4, -0.2) is 25.3 Å². The molecule has 2 aliphatic carbocycles. The number of hydrogen-bond donors (Lipinski definition) is 1. The van der Waals surface area contributed by atoms with Gasteiger partial charge in [0.15, 0.2) is 5.66 Å². The number of amidine groups is 1. The molecule has 1 heterocycles. The zero-order valence-electron chi connectivity index (χ0n) is 19.0. The van der Waals surface area contributed by atoms with E-state index in [-0.39, 0.29) is 17.1 Å². The van der Waals surface area contributed by atoms with Crippen LogP contribution in [0.4, 0.5) is 13.2 Å². The van der Waals surface area contributed by atoms with E-state index in [1.165, 1.54) is 6.07 Å². The first-order chi connectivity index (χ1) is 16.1. The average molecular weight is 467 g/mol. The van der Waals surface area contributed by atoms with Gasteiger partial charge in [-0.1, -0.05) is 19.1 Å². The molecule has 0 radical (unpaired) electrons. The van der Waals surface area contributed by atoms with Gasteiger partial charge in [0.1, 0.15) is 5.84 Å². The van der Waals surface area contributed by atoms with Crippen molar-refractivity contribution in [1.82, 2.24) is 0 Å². The number of nitrogens with two attached hydrogens (primary N) is 1. The summed E-state index contributed by atoms with van der Waals surface area (Å²) in [7, 11) is 1.74. The van der Waals surface area contributed by atoms with E-state index in [0.717, 1.165) is 48.9 Å². The van der Waals surface area contributed by atoms with Gasteiger partial charge in [-0.2, -0.15) is 18.4 Å². The predicted molar refractivity (Wildman–Crippen MR) is 123 cm³/mol. The molecule has 1 saturated carbocycles. The normalized spacial score (nSPS) is 29.9. The third kappa shape index (κ3) is 3.33. The highest BCUT2D eigenvalue weighted by atomic mass is 19.4. The van der Waals surface area contributed by atoms with Gasteiger partial charge in [-0.15, -0.1) is 0 Å². The Morgan fingerprint density at radius 2 is 1.97 bits per heavy atom. The van der Waals surface area contributed by atoms with E-state index < -0.39 is 17.4 Å². The average Bonchev–Trinajstić information content (AvgIpc) is 3.31. The van der Waals surface area contributed by atoms with Crippen LogP contribution in [0.2, 0.25) is 0 Å². The molecule has 3 aliphatic rings. The van der Waals surface area contributed by atoms with Gasteiger partial charge in [-0.05, 0) is 72.6 Å². The third-order valence-corrected chi connectivity index (χ3v) is 7.71. The summed E-state index contributed by atoms with van der Waals surface area (Å²) in [6, 6.07) is 10.9. The van der Waals surface area contributed by atoms with E-state index in [1.54, 1.807) is 13.3 Å². The van der Waals surface area contributed by atoms with E-state index in [2.05, 4.69) is 6.92 Å². The molecule has 2 aromatic rings. The molecule has 0 bridgehead atoms. The second kappa shape index (κ2) is 7.67. The first kappa shape index (κ1) is 22.6. The molecule has 1 aliphatic heterocycles. The number of nitrogens with zero attached hydrogens (tertiary/aromatic N) is 3. The van der Waals surface area contributed by atoms with Crippen LogP contribution in [0, 0.1) is 22.7 Å². The Morgan fingerprint density at radius 3 is 2.59 bits per heavy atom. The summed E-state index contributed by atoms with van der Waals surface area (Å²) >= 11 is 0. The Balaban J connectivity index is 1.64. The van der Waals surface area contributed by atoms with Gasteiger partial charge < -0.3 is 10.5 Å². The second-order valence-corrected chi connectivity index (χ2v) is 9.70. The summed E-state index contributed by atoms with van der Waals surface area (Å²) in [5.41, 5.74) is 6.92. The molecule has 5 rings (SSSR count). The maximum Gasteiger partial charge on any atom is 0.416 e. The molecule has 2 N–H and O–H groups in total. The maximum atomic E-state index is 13.5. The molecule has 8 heteroatoms. The molecule has 2 spiro atoms. The summed E-state index contributed by atoms with van der Waals surface area (Å²) < 4.78 is 46.1. The minimum atomic E-state index is -4.55. The number of aliphatic imine (C=N–C) groups is 2. The second-order valence-electron chi connectivity index (χ2n) is 9.70. The Hall–Kier alpha value is -3.18. The van der Waals surface area contributed by atoms with Crippen molar-refractivity contribution in [2.24, 2.45) is 27.1 Å². The van der Waals surface area contributed by atoms with Gasteiger partial charge in [0.25, 0.3) is 0 Å². The highest BCUT2D eigenvalue weighted by molar-refractivity contribution is 6.30. The van der Waals surface area contributed by atoms with Gasteiger partial charge in [0.2, 0.25) is 0 Å². The van der Waals surface area contributed by atoms with Gasteiger partial charge in [-0.25, -0.2) is 4.99 Å². The Morgan fingerprint density at radius 1 is 1.18 bits per heavy atom. The smallest absolute Gasteiger partial charge is 0.383 e. The first-order valence-corrected chi connectivity index (χ1v) is 11.3. The monoisotopic (exact) mass is 466 g/mol. The van der Waals surface area contributed by atoms with Crippen LogP contribution in [0.15, 0.2) is 46.4 Å². The Kier molecular flexibility index (Phi) is 5.10. The lowest BCUT2D eigenvalue weighted by molar-refractivity contribution is -0.137. The summed E-state index contributed by atoms with van der Waals surface area (Å²) in [5.74, 6) is 0.656. The third-order valence-electron chi connectivity index (χ3n) is 7.71. The molecule has 5 nitrogen and oxygen atoms in total. The molecule has 4 atom stereocenters. The molecule has 0 aromatic heterocycles. The maximum absolute atomic E-state index is 13.5. The van der Waals surface area contributed by atoms with Crippen molar-refractivity contribution in [1.29, 1.82) is 5.26 Å². The van der Waals surface area contributed by atoms with Crippen LogP contribution in [0.3, 0.4) is 0 Å². The lowest BCUT2D eigenvalue weighted by atomic mass is 9.62. The number of rotatable bonds is 2. The lowest BCUT2D eigenvalue weighted by Gasteiger charge is -2.47. The quantitative estimate of drug-likeness (QED) is 0.659. The van der Waals surface area contributed by atoms with Crippen LogP contribution >= 0.6 is 0 Å². The first-order valence-electron chi connectivity index (χ1n) is 11.3. The summed E-state index contributed by atoms with van der Waals surface area (Å²) in [6.45, 7) is 2.18.